The zero-order valence-corrected chi connectivity index (χ0v) is 11.3. The van der Waals surface area contributed by atoms with Crippen LogP contribution in [0.1, 0.15) is 58.8 Å². The lowest BCUT2D eigenvalue weighted by atomic mass is 9.82. The third kappa shape index (κ3) is 4.65. The van der Waals surface area contributed by atoms with Gasteiger partial charge in [-0.3, -0.25) is 0 Å². The molecule has 0 aromatic carbocycles. The van der Waals surface area contributed by atoms with Gasteiger partial charge in [0.1, 0.15) is 0 Å². The molecule has 1 aliphatic carbocycles. The number of hydrogen-bond donors (Lipinski definition) is 2. The van der Waals surface area contributed by atoms with Crippen molar-refractivity contribution in [3.05, 3.63) is 0 Å². The summed E-state index contributed by atoms with van der Waals surface area (Å²) in [6.07, 6.45) is 7.83. The molecule has 1 saturated carbocycles. The molecule has 0 unspecified atom stereocenters. The van der Waals surface area contributed by atoms with Crippen LogP contribution in [-0.4, -0.2) is 23.8 Å². The van der Waals surface area contributed by atoms with Gasteiger partial charge in [0.05, 0.1) is 18.1 Å². The maximum atomic E-state index is 9.53. The molecule has 0 aromatic heterocycles. The smallest absolute Gasteiger partial charge is 0.0683 e. The zero-order chi connectivity index (χ0) is 12.8. The van der Waals surface area contributed by atoms with E-state index in [1.54, 1.807) is 0 Å². The summed E-state index contributed by atoms with van der Waals surface area (Å²) in [6.45, 7) is 5.12. The second-order valence-electron chi connectivity index (χ2n) is 6.03. The van der Waals surface area contributed by atoms with Crippen LogP contribution in [0.4, 0.5) is 0 Å². The number of nitrogens with zero attached hydrogens (tertiary/aromatic N) is 1. The number of aliphatic hydroxyl groups is 1. The molecule has 0 bridgehead atoms. The number of nitrogens with one attached hydrogen (secondary N) is 1. The number of rotatable bonds is 6. The molecule has 0 aliphatic heterocycles. The van der Waals surface area contributed by atoms with Gasteiger partial charge in [-0.1, -0.05) is 19.3 Å². The van der Waals surface area contributed by atoms with Gasteiger partial charge in [-0.25, -0.2) is 0 Å². The van der Waals surface area contributed by atoms with Crippen molar-refractivity contribution in [2.45, 2.75) is 64.3 Å². The van der Waals surface area contributed by atoms with Crippen LogP contribution in [0.15, 0.2) is 0 Å². The molecular weight excluding hydrogens is 212 g/mol. The molecule has 1 rings (SSSR count). The Hall–Kier alpha value is -0.590. The summed E-state index contributed by atoms with van der Waals surface area (Å²) in [5, 5.41) is 22.0. The van der Waals surface area contributed by atoms with Crippen molar-refractivity contribution in [2.24, 2.45) is 5.41 Å². The fourth-order valence-corrected chi connectivity index (χ4v) is 2.56. The first-order chi connectivity index (χ1) is 8.04. The second kappa shape index (κ2) is 6.37. The molecule has 0 amide bonds. The molecule has 0 aromatic rings. The molecule has 0 spiro atoms. The van der Waals surface area contributed by atoms with E-state index in [0.717, 1.165) is 32.2 Å². The van der Waals surface area contributed by atoms with Crippen LogP contribution in [0.2, 0.25) is 0 Å². The lowest BCUT2D eigenvalue weighted by molar-refractivity contribution is 0.120. The highest BCUT2D eigenvalue weighted by atomic mass is 16.3. The zero-order valence-electron chi connectivity index (χ0n) is 11.3. The molecule has 3 heteroatoms. The van der Waals surface area contributed by atoms with Crippen LogP contribution in [0.3, 0.4) is 0 Å². The fraction of sp³-hybridized carbons (Fsp3) is 0.929. The minimum atomic E-state index is -0.222. The lowest BCUT2D eigenvalue weighted by Gasteiger charge is -2.37. The molecule has 0 saturated heterocycles. The van der Waals surface area contributed by atoms with E-state index in [0.29, 0.717) is 0 Å². The minimum Gasteiger partial charge on any atom is -0.394 e. The molecule has 2 N–H and O–H groups in total. The predicted octanol–water partition coefficient (Wildman–Crippen LogP) is 2.60. The van der Waals surface area contributed by atoms with Crippen LogP contribution >= 0.6 is 0 Å². The van der Waals surface area contributed by atoms with Crippen LogP contribution in [-0.2, 0) is 0 Å². The predicted molar refractivity (Wildman–Crippen MR) is 69.5 cm³/mol. The van der Waals surface area contributed by atoms with Crippen molar-refractivity contribution in [1.82, 2.24) is 5.32 Å². The van der Waals surface area contributed by atoms with Crippen molar-refractivity contribution < 1.29 is 5.11 Å². The van der Waals surface area contributed by atoms with Gasteiger partial charge in [-0.2, -0.15) is 5.26 Å². The first kappa shape index (κ1) is 14.5. The van der Waals surface area contributed by atoms with Gasteiger partial charge >= 0.3 is 0 Å². The number of aliphatic hydroxyl groups excluding tert-OH is 1. The van der Waals surface area contributed by atoms with Crippen molar-refractivity contribution in [1.29, 1.82) is 5.26 Å². The van der Waals surface area contributed by atoms with Crippen LogP contribution < -0.4 is 5.32 Å². The fourth-order valence-electron chi connectivity index (χ4n) is 2.56. The normalized spacial score (nSPS) is 19.9. The second-order valence-corrected chi connectivity index (χ2v) is 6.03. The summed E-state index contributed by atoms with van der Waals surface area (Å²) in [7, 11) is 0. The van der Waals surface area contributed by atoms with Crippen molar-refractivity contribution in [3.63, 3.8) is 0 Å². The highest BCUT2D eigenvalue weighted by Gasteiger charge is 2.30. The first-order valence-electron chi connectivity index (χ1n) is 6.81. The van der Waals surface area contributed by atoms with E-state index in [4.69, 9.17) is 5.26 Å². The van der Waals surface area contributed by atoms with Crippen molar-refractivity contribution >= 4 is 0 Å². The Labute approximate surface area is 105 Å². The summed E-state index contributed by atoms with van der Waals surface area (Å²) in [4.78, 5) is 0. The maximum absolute atomic E-state index is 9.53. The molecule has 98 valence electrons. The largest absolute Gasteiger partial charge is 0.394 e. The standard InChI is InChI=1S/C14H26N2O/c1-13(2,11-15)7-6-10-16-14(12-17)8-4-3-5-9-14/h16-17H,3-10,12H2,1-2H3. The lowest BCUT2D eigenvalue weighted by Crippen LogP contribution is -2.50. The molecule has 0 atom stereocenters. The highest BCUT2D eigenvalue weighted by Crippen LogP contribution is 2.28. The van der Waals surface area contributed by atoms with Crippen LogP contribution in [0.25, 0.3) is 0 Å². The van der Waals surface area contributed by atoms with Crippen LogP contribution in [0, 0.1) is 16.7 Å². The Morgan fingerprint density at radius 3 is 2.47 bits per heavy atom. The molecule has 0 heterocycles. The molecule has 3 nitrogen and oxygen atoms in total. The van der Waals surface area contributed by atoms with Gasteiger partial charge in [0.2, 0.25) is 0 Å². The van der Waals surface area contributed by atoms with Gasteiger partial charge in [-0.05, 0) is 46.1 Å². The Bertz CT molecular complexity index is 262. The van der Waals surface area contributed by atoms with E-state index in [1.807, 2.05) is 13.8 Å². The van der Waals surface area contributed by atoms with E-state index in [-0.39, 0.29) is 17.6 Å². The Morgan fingerprint density at radius 1 is 1.29 bits per heavy atom. The Morgan fingerprint density at radius 2 is 1.94 bits per heavy atom. The SMILES string of the molecule is CC(C)(C#N)CCCNC1(CO)CCCCC1. The van der Waals surface area contributed by atoms with E-state index in [2.05, 4.69) is 11.4 Å². The molecule has 1 aliphatic rings. The van der Waals surface area contributed by atoms with Crippen molar-refractivity contribution in [3.8, 4) is 6.07 Å². The van der Waals surface area contributed by atoms with Crippen LogP contribution in [0.5, 0.6) is 0 Å². The van der Waals surface area contributed by atoms with Crippen molar-refractivity contribution in [2.75, 3.05) is 13.2 Å². The average molecular weight is 238 g/mol. The first-order valence-corrected chi connectivity index (χ1v) is 6.81. The van der Waals surface area contributed by atoms with E-state index < -0.39 is 0 Å². The third-order valence-electron chi connectivity index (χ3n) is 3.89. The molecule has 0 radical (unpaired) electrons. The summed E-state index contributed by atoms with van der Waals surface area (Å²) in [5.74, 6) is 0. The Kier molecular flexibility index (Phi) is 5.42. The van der Waals surface area contributed by atoms with Gasteiger partial charge < -0.3 is 10.4 Å². The molecule has 17 heavy (non-hydrogen) atoms. The van der Waals surface area contributed by atoms with Gasteiger partial charge in [0, 0.05) is 5.54 Å². The average Bonchev–Trinajstić information content (AvgIpc) is 2.36. The van der Waals surface area contributed by atoms with Gasteiger partial charge in [0.25, 0.3) is 0 Å². The summed E-state index contributed by atoms with van der Waals surface area (Å²) < 4.78 is 0. The summed E-state index contributed by atoms with van der Waals surface area (Å²) in [6, 6.07) is 2.33. The highest BCUT2D eigenvalue weighted by molar-refractivity contribution is 4.93. The molecule has 1 fully saturated rings. The van der Waals surface area contributed by atoms with Gasteiger partial charge in [-0.15, -0.1) is 0 Å². The monoisotopic (exact) mass is 238 g/mol. The third-order valence-corrected chi connectivity index (χ3v) is 3.89. The number of hydrogen-bond acceptors (Lipinski definition) is 3. The minimum absolute atomic E-state index is 0.0327. The van der Waals surface area contributed by atoms with E-state index >= 15 is 0 Å². The number of nitriles is 1. The van der Waals surface area contributed by atoms with E-state index in [1.165, 1.54) is 19.3 Å². The van der Waals surface area contributed by atoms with E-state index in [9.17, 15) is 5.11 Å². The summed E-state index contributed by atoms with van der Waals surface area (Å²) >= 11 is 0. The maximum Gasteiger partial charge on any atom is 0.0683 e. The molecular formula is C14H26N2O. The Balaban J connectivity index is 2.27. The summed E-state index contributed by atoms with van der Waals surface area (Å²) in [5.41, 5.74) is -0.254. The topological polar surface area (TPSA) is 56.0 Å². The van der Waals surface area contributed by atoms with Gasteiger partial charge in [0.15, 0.2) is 0 Å². The quantitative estimate of drug-likeness (QED) is 0.699.